The standard InChI is InChI=1S/C14H20FNO3/c1-2-3-8-19-9-4-7-16-14(18)12-6-5-11(15)10-13(12)17/h5-6,10,17H,2-4,7-9H2,1H3,(H,16,18). The summed E-state index contributed by atoms with van der Waals surface area (Å²) in [6.45, 7) is 3.89. The van der Waals surface area contributed by atoms with Crippen LogP contribution in [-0.4, -0.2) is 30.8 Å². The molecule has 5 heteroatoms. The van der Waals surface area contributed by atoms with Gasteiger partial charge in [0.1, 0.15) is 11.6 Å². The van der Waals surface area contributed by atoms with Gasteiger partial charge in [0.25, 0.3) is 5.91 Å². The molecule has 0 radical (unpaired) electrons. The van der Waals surface area contributed by atoms with Gasteiger partial charge in [-0.3, -0.25) is 4.79 Å². The van der Waals surface area contributed by atoms with Crippen LogP contribution in [0.1, 0.15) is 36.5 Å². The highest BCUT2D eigenvalue weighted by molar-refractivity contribution is 5.96. The first-order valence-corrected chi connectivity index (χ1v) is 6.49. The van der Waals surface area contributed by atoms with E-state index in [1.165, 1.54) is 6.07 Å². The molecule has 1 rings (SSSR count). The van der Waals surface area contributed by atoms with Gasteiger partial charge in [0.05, 0.1) is 5.56 Å². The molecule has 0 atom stereocenters. The smallest absolute Gasteiger partial charge is 0.255 e. The Morgan fingerprint density at radius 2 is 2.11 bits per heavy atom. The molecule has 2 N–H and O–H groups in total. The number of hydrogen-bond acceptors (Lipinski definition) is 3. The normalized spacial score (nSPS) is 10.4. The number of phenols is 1. The molecule has 0 aliphatic carbocycles. The second-order valence-electron chi connectivity index (χ2n) is 4.24. The fraction of sp³-hybridized carbons (Fsp3) is 0.500. The highest BCUT2D eigenvalue weighted by Gasteiger charge is 2.10. The molecule has 19 heavy (non-hydrogen) atoms. The molecule has 1 aromatic rings. The van der Waals surface area contributed by atoms with Crippen molar-refractivity contribution in [3.8, 4) is 5.75 Å². The number of aromatic hydroxyl groups is 1. The summed E-state index contributed by atoms with van der Waals surface area (Å²) in [5.74, 6) is -1.33. The SMILES string of the molecule is CCCCOCCCNC(=O)c1ccc(F)cc1O. The van der Waals surface area contributed by atoms with Crippen molar-refractivity contribution in [1.29, 1.82) is 0 Å². The predicted molar refractivity (Wildman–Crippen MR) is 70.7 cm³/mol. The molecule has 0 saturated heterocycles. The average molecular weight is 269 g/mol. The molecule has 4 nitrogen and oxygen atoms in total. The van der Waals surface area contributed by atoms with Gasteiger partial charge in [-0.2, -0.15) is 0 Å². The van der Waals surface area contributed by atoms with Gasteiger partial charge in [-0.15, -0.1) is 0 Å². The molecule has 1 aromatic carbocycles. The molecule has 0 saturated carbocycles. The molecule has 0 aliphatic rings. The van der Waals surface area contributed by atoms with E-state index in [9.17, 15) is 14.3 Å². The van der Waals surface area contributed by atoms with Crippen molar-refractivity contribution in [2.24, 2.45) is 0 Å². The maximum Gasteiger partial charge on any atom is 0.255 e. The summed E-state index contributed by atoms with van der Waals surface area (Å²) in [4.78, 5) is 11.7. The fourth-order valence-electron chi connectivity index (χ4n) is 1.52. The lowest BCUT2D eigenvalue weighted by Crippen LogP contribution is -2.25. The van der Waals surface area contributed by atoms with E-state index in [2.05, 4.69) is 12.2 Å². The second kappa shape index (κ2) is 8.48. The molecule has 0 unspecified atom stereocenters. The summed E-state index contributed by atoms with van der Waals surface area (Å²) in [5.41, 5.74) is 0.0771. The minimum atomic E-state index is -0.571. The second-order valence-corrected chi connectivity index (χ2v) is 4.24. The van der Waals surface area contributed by atoms with E-state index < -0.39 is 11.7 Å². The monoisotopic (exact) mass is 269 g/mol. The van der Waals surface area contributed by atoms with Crippen LogP contribution in [0.3, 0.4) is 0 Å². The van der Waals surface area contributed by atoms with Gasteiger partial charge in [-0.05, 0) is 25.0 Å². The van der Waals surface area contributed by atoms with Crippen molar-refractivity contribution < 1.29 is 19.0 Å². The summed E-state index contributed by atoms with van der Waals surface area (Å²) in [6.07, 6.45) is 2.84. The lowest BCUT2D eigenvalue weighted by atomic mass is 10.2. The number of rotatable bonds is 8. The van der Waals surface area contributed by atoms with Gasteiger partial charge in [0, 0.05) is 25.8 Å². The average Bonchev–Trinajstić information content (AvgIpc) is 2.37. The molecule has 1 amide bonds. The fourth-order valence-corrected chi connectivity index (χ4v) is 1.52. The van der Waals surface area contributed by atoms with Crippen molar-refractivity contribution in [3.63, 3.8) is 0 Å². The van der Waals surface area contributed by atoms with Crippen LogP contribution < -0.4 is 5.32 Å². The lowest BCUT2D eigenvalue weighted by molar-refractivity contribution is 0.0938. The Morgan fingerprint density at radius 3 is 2.79 bits per heavy atom. The van der Waals surface area contributed by atoms with Gasteiger partial charge >= 0.3 is 0 Å². The summed E-state index contributed by atoms with van der Waals surface area (Å²) < 4.78 is 18.1. The molecule has 0 aromatic heterocycles. The number of carbonyl (C=O) groups excluding carboxylic acids is 1. The minimum Gasteiger partial charge on any atom is -0.507 e. The quantitative estimate of drug-likeness (QED) is 0.713. The first-order chi connectivity index (χ1) is 9.15. The molecule has 0 aliphatic heterocycles. The number of halogens is 1. The van der Waals surface area contributed by atoms with Crippen LogP contribution in [-0.2, 0) is 4.74 Å². The van der Waals surface area contributed by atoms with E-state index in [4.69, 9.17) is 4.74 Å². The summed E-state index contributed by atoms with van der Waals surface area (Å²) in [5, 5.41) is 12.1. The third-order valence-corrected chi connectivity index (χ3v) is 2.60. The van der Waals surface area contributed by atoms with Gasteiger partial charge in [0.2, 0.25) is 0 Å². The van der Waals surface area contributed by atoms with Crippen LogP contribution in [0, 0.1) is 5.82 Å². The number of phenolic OH excluding ortho intramolecular Hbond substituents is 1. The zero-order chi connectivity index (χ0) is 14.1. The number of nitrogens with one attached hydrogen (secondary N) is 1. The molecular formula is C14H20FNO3. The molecular weight excluding hydrogens is 249 g/mol. The van der Waals surface area contributed by atoms with E-state index >= 15 is 0 Å². The van der Waals surface area contributed by atoms with Crippen LogP contribution in [0.2, 0.25) is 0 Å². The minimum absolute atomic E-state index is 0.0771. The first kappa shape index (κ1) is 15.4. The van der Waals surface area contributed by atoms with Crippen molar-refractivity contribution in [3.05, 3.63) is 29.6 Å². The Labute approximate surface area is 112 Å². The Hall–Kier alpha value is -1.62. The van der Waals surface area contributed by atoms with E-state index in [0.29, 0.717) is 19.6 Å². The van der Waals surface area contributed by atoms with Gasteiger partial charge in [0.15, 0.2) is 0 Å². The van der Waals surface area contributed by atoms with Crippen molar-refractivity contribution in [1.82, 2.24) is 5.32 Å². The lowest BCUT2D eigenvalue weighted by Gasteiger charge is -2.07. The molecule has 106 valence electrons. The maximum atomic E-state index is 12.8. The predicted octanol–water partition coefficient (Wildman–Crippen LogP) is 2.47. The highest BCUT2D eigenvalue weighted by atomic mass is 19.1. The molecule has 0 spiro atoms. The topological polar surface area (TPSA) is 58.6 Å². The van der Waals surface area contributed by atoms with Crippen LogP contribution in [0.15, 0.2) is 18.2 Å². The molecule has 0 fully saturated rings. The van der Waals surface area contributed by atoms with Crippen molar-refractivity contribution in [2.45, 2.75) is 26.2 Å². The van der Waals surface area contributed by atoms with Crippen molar-refractivity contribution >= 4 is 5.91 Å². The Balaban J connectivity index is 2.24. The summed E-state index contributed by atoms with van der Waals surface area (Å²) in [6, 6.07) is 3.32. The van der Waals surface area contributed by atoms with E-state index in [1.54, 1.807) is 0 Å². The zero-order valence-corrected chi connectivity index (χ0v) is 11.1. The number of benzene rings is 1. The van der Waals surface area contributed by atoms with Crippen LogP contribution >= 0.6 is 0 Å². The third kappa shape index (κ3) is 5.70. The molecule has 0 bridgehead atoms. The number of ether oxygens (including phenoxy) is 1. The maximum absolute atomic E-state index is 12.8. The van der Waals surface area contributed by atoms with Crippen LogP contribution in [0.25, 0.3) is 0 Å². The van der Waals surface area contributed by atoms with E-state index in [1.807, 2.05) is 0 Å². The summed E-state index contributed by atoms with van der Waals surface area (Å²) in [7, 11) is 0. The number of unbranched alkanes of at least 4 members (excludes halogenated alkanes) is 1. The number of hydrogen-bond donors (Lipinski definition) is 2. The Bertz CT molecular complexity index is 410. The van der Waals surface area contributed by atoms with Crippen LogP contribution in [0.5, 0.6) is 5.75 Å². The third-order valence-electron chi connectivity index (χ3n) is 2.60. The van der Waals surface area contributed by atoms with E-state index in [-0.39, 0.29) is 11.3 Å². The van der Waals surface area contributed by atoms with Crippen LogP contribution in [0.4, 0.5) is 4.39 Å². The first-order valence-electron chi connectivity index (χ1n) is 6.49. The molecule has 0 heterocycles. The Kier molecular flexibility index (Phi) is 6.89. The largest absolute Gasteiger partial charge is 0.507 e. The number of carbonyl (C=O) groups is 1. The Morgan fingerprint density at radius 1 is 1.37 bits per heavy atom. The van der Waals surface area contributed by atoms with Gasteiger partial charge in [-0.1, -0.05) is 13.3 Å². The van der Waals surface area contributed by atoms with Crippen molar-refractivity contribution in [2.75, 3.05) is 19.8 Å². The highest BCUT2D eigenvalue weighted by Crippen LogP contribution is 2.17. The zero-order valence-electron chi connectivity index (χ0n) is 11.1. The van der Waals surface area contributed by atoms with E-state index in [0.717, 1.165) is 31.6 Å². The summed E-state index contributed by atoms with van der Waals surface area (Å²) >= 11 is 0. The number of amides is 1. The van der Waals surface area contributed by atoms with Gasteiger partial charge < -0.3 is 15.2 Å². The van der Waals surface area contributed by atoms with Gasteiger partial charge in [-0.25, -0.2) is 4.39 Å².